The van der Waals surface area contributed by atoms with Crippen molar-refractivity contribution in [1.82, 2.24) is 25.1 Å². The number of hydrogen-bond acceptors (Lipinski definition) is 5. The number of nitrogens with zero attached hydrogens (tertiary/aromatic N) is 4. The Bertz CT molecular complexity index is 922. The molecule has 1 amide bonds. The van der Waals surface area contributed by atoms with Gasteiger partial charge in [0.05, 0.1) is 5.75 Å². The van der Waals surface area contributed by atoms with Gasteiger partial charge >= 0.3 is 0 Å². The maximum atomic E-state index is 12.3. The number of carbonyl (C=O) groups is 1. The summed E-state index contributed by atoms with van der Waals surface area (Å²) in [6.45, 7) is 0.691. The van der Waals surface area contributed by atoms with E-state index in [0.29, 0.717) is 17.5 Å². The molecule has 1 aliphatic rings. The molecule has 0 bridgehead atoms. The van der Waals surface area contributed by atoms with E-state index in [4.69, 9.17) is 0 Å². The van der Waals surface area contributed by atoms with Crippen LogP contribution in [0.4, 0.5) is 0 Å². The number of pyridine rings is 1. The van der Waals surface area contributed by atoms with Crippen LogP contribution in [-0.4, -0.2) is 38.0 Å². The van der Waals surface area contributed by atoms with Crippen LogP contribution >= 0.6 is 11.8 Å². The van der Waals surface area contributed by atoms with E-state index in [1.165, 1.54) is 17.3 Å². The lowest BCUT2D eigenvalue weighted by Crippen LogP contribution is -2.33. The molecule has 1 saturated carbocycles. The van der Waals surface area contributed by atoms with Gasteiger partial charge in [-0.1, -0.05) is 42.1 Å². The molecule has 1 aromatic carbocycles. The van der Waals surface area contributed by atoms with Crippen LogP contribution < -0.4 is 5.32 Å². The average Bonchev–Trinajstić information content (AvgIpc) is 3.43. The number of nitrogens with one attached hydrogen (secondary N) is 1. The highest BCUT2D eigenvalue weighted by molar-refractivity contribution is 7.99. The molecular weight excluding hydrogens is 358 g/mol. The predicted octanol–water partition coefficient (Wildman–Crippen LogP) is 2.82. The number of benzene rings is 1. The van der Waals surface area contributed by atoms with Crippen molar-refractivity contribution >= 4 is 17.7 Å². The van der Waals surface area contributed by atoms with Crippen molar-refractivity contribution in [3.63, 3.8) is 0 Å². The van der Waals surface area contributed by atoms with Crippen molar-refractivity contribution in [2.24, 2.45) is 7.05 Å². The second-order valence-electron chi connectivity index (χ2n) is 6.82. The van der Waals surface area contributed by atoms with Crippen LogP contribution in [0.3, 0.4) is 0 Å². The fourth-order valence-corrected chi connectivity index (χ4v) is 3.89. The number of aromatic nitrogens is 4. The minimum Gasteiger partial charge on any atom is -0.354 e. The zero-order valence-corrected chi connectivity index (χ0v) is 15.9. The molecule has 4 rings (SSSR count). The summed E-state index contributed by atoms with van der Waals surface area (Å²) >= 11 is 1.39. The topological polar surface area (TPSA) is 72.7 Å². The first kappa shape index (κ1) is 17.7. The first-order valence-corrected chi connectivity index (χ1v) is 9.91. The van der Waals surface area contributed by atoms with Crippen molar-refractivity contribution in [3.8, 4) is 11.4 Å². The molecule has 27 heavy (non-hydrogen) atoms. The van der Waals surface area contributed by atoms with Crippen LogP contribution in [0.5, 0.6) is 0 Å². The van der Waals surface area contributed by atoms with Crippen LogP contribution in [0.1, 0.15) is 18.4 Å². The number of rotatable bonds is 7. The molecule has 0 atom stereocenters. The Kier molecular flexibility index (Phi) is 4.94. The molecule has 2 aromatic heterocycles. The zero-order chi connectivity index (χ0) is 18.7. The van der Waals surface area contributed by atoms with Gasteiger partial charge in [0.25, 0.3) is 0 Å². The van der Waals surface area contributed by atoms with E-state index in [9.17, 15) is 4.79 Å². The molecule has 2 heterocycles. The summed E-state index contributed by atoms with van der Waals surface area (Å²) in [4.78, 5) is 16.4. The summed E-state index contributed by atoms with van der Waals surface area (Å²) in [5, 5.41) is 12.2. The summed E-state index contributed by atoms with van der Waals surface area (Å²) in [5.74, 6) is 1.09. The standard InChI is InChI=1S/C20H21N5OS/c1-25-18(15-6-5-11-21-12-15)23-24-19(25)27-13-17(26)22-14-20(9-10-20)16-7-3-2-4-8-16/h2-8,11-12H,9-10,13-14H2,1H3,(H,22,26). The van der Waals surface area contributed by atoms with Gasteiger partial charge < -0.3 is 9.88 Å². The lowest BCUT2D eigenvalue weighted by atomic mass is 9.96. The van der Waals surface area contributed by atoms with Crippen LogP contribution in [0.2, 0.25) is 0 Å². The number of amides is 1. The Labute approximate surface area is 162 Å². The van der Waals surface area contributed by atoms with E-state index in [0.717, 1.165) is 24.2 Å². The summed E-state index contributed by atoms with van der Waals surface area (Å²) in [7, 11) is 1.90. The molecule has 0 aliphatic heterocycles. The van der Waals surface area contributed by atoms with Crippen LogP contribution in [-0.2, 0) is 17.3 Å². The second-order valence-corrected chi connectivity index (χ2v) is 7.76. The molecule has 1 N–H and O–H groups in total. The van der Waals surface area contributed by atoms with E-state index in [1.54, 1.807) is 12.4 Å². The van der Waals surface area contributed by atoms with E-state index >= 15 is 0 Å². The van der Waals surface area contributed by atoms with Gasteiger partial charge in [0, 0.05) is 37.0 Å². The highest BCUT2D eigenvalue weighted by atomic mass is 32.2. The lowest BCUT2D eigenvalue weighted by molar-refractivity contribution is -0.118. The summed E-state index contributed by atoms with van der Waals surface area (Å²) < 4.78 is 1.89. The number of thioether (sulfide) groups is 1. The molecule has 0 spiro atoms. The highest BCUT2D eigenvalue weighted by Crippen LogP contribution is 2.47. The third-order valence-electron chi connectivity index (χ3n) is 4.95. The molecule has 0 unspecified atom stereocenters. The van der Waals surface area contributed by atoms with Crippen molar-refractivity contribution in [3.05, 3.63) is 60.4 Å². The second kappa shape index (κ2) is 7.52. The maximum Gasteiger partial charge on any atom is 0.230 e. The molecule has 1 aliphatic carbocycles. The van der Waals surface area contributed by atoms with E-state index < -0.39 is 0 Å². The van der Waals surface area contributed by atoms with Crippen molar-refractivity contribution in [2.75, 3.05) is 12.3 Å². The Morgan fingerprint density at radius 1 is 1.19 bits per heavy atom. The average molecular weight is 379 g/mol. The van der Waals surface area contributed by atoms with Gasteiger partial charge in [-0.2, -0.15) is 0 Å². The predicted molar refractivity (Wildman–Crippen MR) is 105 cm³/mol. The fraction of sp³-hybridized carbons (Fsp3) is 0.300. The Balaban J connectivity index is 1.32. The van der Waals surface area contributed by atoms with Gasteiger partial charge in [-0.15, -0.1) is 10.2 Å². The monoisotopic (exact) mass is 379 g/mol. The van der Waals surface area contributed by atoms with Gasteiger partial charge in [-0.25, -0.2) is 0 Å². The van der Waals surface area contributed by atoms with Crippen LogP contribution in [0.25, 0.3) is 11.4 Å². The Morgan fingerprint density at radius 2 is 2.00 bits per heavy atom. The quantitative estimate of drug-likeness (QED) is 0.639. The molecule has 0 radical (unpaired) electrons. The van der Waals surface area contributed by atoms with Crippen LogP contribution in [0, 0.1) is 0 Å². The lowest BCUT2D eigenvalue weighted by Gasteiger charge is -2.16. The van der Waals surface area contributed by atoms with Crippen molar-refractivity contribution in [1.29, 1.82) is 0 Å². The molecule has 7 heteroatoms. The van der Waals surface area contributed by atoms with Gasteiger partial charge in [-0.3, -0.25) is 9.78 Å². The Hall–Kier alpha value is -2.67. The van der Waals surface area contributed by atoms with E-state index in [2.05, 4.69) is 44.8 Å². The minimum absolute atomic E-state index is 0.0214. The smallest absolute Gasteiger partial charge is 0.230 e. The molecule has 0 saturated heterocycles. The minimum atomic E-state index is 0.0214. The molecule has 3 aromatic rings. The first-order chi connectivity index (χ1) is 13.2. The third-order valence-corrected chi connectivity index (χ3v) is 5.97. The summed E-state index contributed by atoms with van der Waals surface area (Å²) in [6.07, 6.45) is 5.73. The highest BCUT2D eigenvalue weighted by Gasteiger charge is 2.44. The summed E-state index contributed by atoms with van der Waals surface area (Å²) in [6, 6.07) is 14.2. The van der Waals surface area contributed by atoms with Crippen LogP contribution in [0.15, 0.2) is 60.0 Å². The van der Waals surface area contributed by atoms with Gasteiger partial charge in [0.2, 0.25) is 5.91 Å². The fourth-order valence-electron chi connectivity index (χ4n) is 3.15. The van der Waals surface area contributed by atoms with Crippen molar-refractivity contribution < 1.29 is 4.79 Å². The SMILES string of the molecule is Cn1c(SCC(=O)NCC2(c3ccccc3)CC2)nnc1-c1cccnc1. The first-order valence-electron chi connectivity index (χ1n) is 8.93. The molecule has 138 valence electrons. The number of carbonyl (C=O) groups excluding carboxylic acids is 1. The van der Waals surface area contributed by atoms with E-state index in [-0.39, 0.29) is 11.3 Å². The summed E-state index contributed by atoms with van der Waals surface area (Å²) in [5.41, 5.74) is 2.34. The zero-order valence-electron chi connectivity index (χ0n) is 15.1. The maximum absolute atomic E-state index is 12.3. The largest absolute Gasteiger partial charge is 0.354 e. The molecule has 6 nitrogen and oxygen atoms in total. The molecule has 1 fully saturated rings. The molecular formula is C20H21N5OS. The van der Waals surface area contributed by atoms with Gasteiger partial charge in [0.15, 0.2) is 11.0 Å². The van der Waals surface area contributed by atoms with Gasteiger partial charge in [-0.05, 0) is 30.5 Å². The normalized spacial score (nSPS) is 14.7. The third kappa shape index (κ3) is 3.88. The Morgan fingerprint density at radius 3 is 2.70 bits per heavy atom. The number of hydrogen-bond donors (Lipinski definition) is 1. The van der Waals surface area contributed by atoms with Gasteiger partial charge in [0.1, 0.15) is 0 Å². The van der Waals surface area contributed by atoms with Crippen molar-refractivity contribution in [2.45, 2.75) is 23.4 Å². The van der Waals surface area contributed by atoms with E-state index in [1.807, 2.05) is 29.8 Å².